The lowest BCUT2D eigenvalue weighted by Gasteiger charge is -2.59. The first-order chi connectivity index (χ1) is 11.0. The van der Waals surface area contributed by atoms with Crippen LogP contribution in [0.1, 0.15) is 74.2 Å². The van der Waals surface area contributed by atoms with Crippen LogP contribution in [0.2, 0.25) is 0 Å². The molecule has 126 valence electrons. The maximum absolute atomic E-state index is 12.8. The van der Waals surface area contributed by atoms with E-state index in [1.165, 1.54) is 38.5 Å². The van der Waals surface area contributed by atoms with Crippen molar-refractivity contribution in [2.75, 3.05) is 0 Å². The molecule has 4 fully saturated rings. The van der Waals surface area contributed by atoms with E-state index in [1.54, 1.807) is 0 Å². The molecular formula is C19H28N2O2. The monoisotopic (exact) mass is 316 g/mol. The Bertz CT molecular complexity index is 584. The molecule has 1 amide bonds. The molecule has 1 unspecified atom stereocenters. The molecule has 4 aliphatic carbocycles. The highest BCUT2D eigenvalue weighted by molar-refractivity contribution is 5.96. The third-order valence-electron chi connectivity index (χ3n) is 6.85. The van der Waals surface area contributed by atoms with Crippen LogP contribution >= 0.6 is 0 Å². The van der Waals surface area contributed by atoms with E-state index in [2.05, 4.69) is 17.4 Å². The normalized spacial score (nSPS) is 36.2. The zero-order valence-electron chi connectivity index (χ0n) is 14.5. The van der Waals surface area contributed by atoms with Gasteiger partial charge < -0.3 is 9.84 Å². The standard InChI is InChI=1S/C19H28N2O2/c1-4-16-17(11(2)23-21-16)18(22)20-12(3)19-8-13-5-14(9-19)7-15(6-13)10-19/h12-15H,4-10H2,1-3H3,(H,20,22). The zero-order valence-corrected chi connectivity index (χ0v) is 14.5. The van der Waals surface area contributed by atoms with Gasteiger partial charge >= 0.3 is 0 Å². The van der Waals surface area contributed by atoms with Crippen molar-refractivity contribution < 1.29 is 9.32 Å². The fraction of sp³-hybridized carbons (Fsp3) is 0.789. The minimum Gasteiger partial charge on any atom is -0.361 e. The molecule has 4 saturated carbocycles. The van der Waals surface area contributed by atoms with Crippen LogP contribution in [0.25, 0.3) is 0 Å². The molecule has 0 aromatic carbocycles. The van der Waals surface area contributed by atoms with Crippen molar-refractivity contribution >= 4 is 5.91 Å². The lowest BCUT2D eigenvalue weighted by atomic mass is 9.48. The third-order valence-corrected chi connectivity index (χ3v) is 6.85. The molecule has 4 bridgehead atoms. The van der Waals surface area contributed by atoms with Crippen LogP contribution in [0.4, 0.5) is 0 Å². The van der Waals surface area contributed by atoms with Crippen LogP contribution in [0.15, 0.2) is 4.52 Å². The van der Waals surface area contributed by atoms with Crippen molar-refractivity contribution in [1.82, 2.24) is 10.5 Å². The molecule has 1 heterocycles. The number of aryl methyl sites for hydroxylation is 2. The first-order valence-electron chi connectivity index (χ1n) is 9.26. The van der Waals surface area contributed by atoms with Crippen molar-refractivity contribution in [1.29, 1.82) is 0 Å². The number of amides is 1. The molecule has 0 spiro atoms. The second-order valence-corrected chi connectivity index (χ2v) is 8.39. The minimum absolute atomic E-state index is 0.00356. The van der Waals surface area contributed by atoms with E-state index in [4.69, 9.17) is 4.52 Å². The molecule has 4 nitrogen and oxygen atoms in total. The van der Waals surface area contributed by atoms with Gasteiger partial charge in [-0.15, -0.1) is 0 Å². The van der Waals surface area contributed by atoms with Gasteiger partial charge in [0.25, 0.3) is 5.91 Å². The van der Waals surface area contributed by atoms with Crippen LogP contribution in [0.5, 0.6) is 0 Å². The van der Waals surface area contributed by atoms with Crippen molar-refractivity contribution in [3.05, 3.63) is 17.0 Å². The summed E-state index contributed by atoms with van der Waals surface area (Å²) in [5.74, 6) is 3.36. The first-order valence-corrected chi connectivity index (χ1v) is 9.26. The topological polar surface area (TPSA) is 55.1 Å². The van der Waals surface area contributed by atoms with E-state index in [0.717, 1.165) is 29.9 Å². The van der Waals surface area contributed by atoms with Gasteiger partial charge in [-0.2, -0.15) is 0 Å². The second kappa shape index (κ2) is 5.35. The van der Waals surface area contributed by atoms with E-state index in [-0.39, 0.29) is 11.9 Å². The largest absolute Gasteiger partial charge is 0.361 e. The summed E-state index contributed by atoms with van der Waals surface area (Å²) in [7, 11) is 0. The van der Waals surface area contributed by atoms with Crippen LogP contribution in [0.3, 0.4) is 0 Å². The molecular weight excluding hydrogens is 288 g/mol. The summed E-state index contributed by atoms with van der Waals surface area (Å²) in [6, 6.07) is 0.238. The van der Waals surface area contributed by atoms with Gasteiger partial charge in [-0.1, -0.05) is 12.1 Å². The number of rotatable bonds is 4. The summed E-state index contributed by atoms with van der Waals surface area (Å²) in [6.07, 6.45) is 8.96. The van der Waals surface area contributed by atoms with E-state index < -0.39 is 0 Å². The first kappa shape index (κ1) is 15.2. The van der Waals surface area contributed by atoms with E-state index >= 15 is 0 Å². The van der Waals surface area contributed by atoms with E-state index in [9.17, 15) is 4.79 Å². The number of carbonyl (C=O) groups excluding carboxylic acids is 1. The Labute approximate surface area is 138 Å². The Kier molecular flexibility index (Phi) is 3.54. The van der Waals surface area contributed by atoms with Gasteiger partial charge in [0.15, 0.2) is 0 Å². The molecule has 5 rings (SSSR count). The summed E-state index contributed by atoms with van der Waals surface area (Å²) in [6.45, 7) is 6.06. The number of hydrogen-bond acceptors (Lipinski definition) is 3. The van der Waals surface area contributed by atoms with Crippen LogP contribution in [-0.2, 0) is 6.42 Å². The van der Waals surface area contributed by atoms with Crippen molar-refractivity contribution in [2.24, 2.45) is 23.2 Å². The quantitative estimate of drug-likeness (QED) is 0.917. The molecule has 1 aromatic heterocycles. The SMILES string of the molecule is CCc1noc(C)c1C(=O)NC(C)C12CC3CC(CC(C3)C1)C2. The van der Waals surface area contributed by atoms with E-state index in [1.807, 2.05) is 13.8 Å². The maximum atomic E-state index is 12.8. The zero-order chi connectivity index (χ0) is 16.2. The Morgan fingerprint density at radius 1 is 1.26 bits per heavy atom. The van der Waals surface area contributed by atoms with Crippen LogP contribution in [0, 0.1) is 30.1 Å². The highest BCUT2D eigenvalue weighted by Crippen LogP contribution is 2.61. The summed E-state index contributed by atoms with van der Waals surface area (Å²) in [5.41, 5.74) is 1.77. The minimum atomic E-state index is 0.00356. The van der Waals surface area contributed by atoms with Gasteiger partial charge in [-0.05, 0) is 82.0 Å². The molecule has 4 aliphatic rings. The van der Waals surface area contributed by atoms with Crippen LogP contribution in [-0.4, -0.2) is 17.1 Å². The molecule has 0 radical (unpaired) electrons. The maximum Gasteiger partial charge on any atom is 0.257 e. The smallest absolute Gasteiger partial charge is 0.257 e. The lowest BCUT2D eigenvalue weighted by molar-refractivity contribution is -0.0688. The number of nitrogens with one attached hydrogen (secondary N) is 1. The summed E-state index contributed by atoms with van der Waals surface area (Å²) < 4.78 is 5.23. The Hall–Kier alpha value is -1.32. The van der Waals surface area contributed by atoms with Crippen molar-refractivity contribution in [2.45, 2.75) is 71.8 Å². The Morgan fingerprint density at radius 2 is 1.83 bits per heavy atom. The fourth-order valence-electron chi connectivity index (χ4n) is 6.08. The van der Waals surface area contributed by atoms with Crippen molar-refractivity contribution in [3.8, 4) is 0 Å². The lowest BCUT2D eigenvalue weighted by Crippen LogP contribution is -2.55. The number of aromatic nitrogens is 1. The Morgan fingerprint density at radius 3 is 2.35 bits per heavy atom. The van der Waals surface area contributed by atoms with Gasteiger partial charge in [0.1, 0.15) is 11.3 Å². The van der Waals surface area contributed by atoms with Gasteiger partial charge in [-0.25, -0.2) is 0 Å². The van der Waals surface area contributed by atoms with E-state index in [0.29, 0.717) is 16.7 Å². The summed E-state index contributed by atoms with van der Waals surface area (Å²) in [5, 5.41) is 7.34. The number of hydrogen-bond donors (Lipinski definition) is 1. The molecule has 0 saturated heterocycles. The molecule has 1 N–H and O–H groups in total. The van der Waals surface area contributed by atoms with Gasteiger partial charge in [0.2, 0.25) is 0 Å². The third kappa shape index (κ3) is 2.41. The number of carbonyl (C=O) groups is 1. The molecule has 0 aliphatic heterocycles. The Balaban J connectivity index is 1.52. The molecule has 1 atom stereocenters. The van der Waals surface area contributed by atoms with Gasteiger partial charge in [0.05, 0.1) is 5.69 Å². The van der Waals surface area contributed by atoms with Gasteiger partial charge in [-0.3, -0.25) is 4.79 Å². The number of nitrogens with zero attached hydrogens (tertiary/aromatic N) is 1. The van der Waals surface area contributed by atoms with Crippen LogP contribution < -0.4 is 5.32 Å². The predicted octanol–water partition coefficient (Wildman–Crippen LogP) is 3.88. The summed E-state index contributed by atoms with van der Waals surface area (Å²) in [4.78, 5) is 12.8. The average Bonchev–Trinajstić information content (AvgIpc) is 2.86. The average molecular weight is 316 g/mol. The fourth-order valence-corrected chi connectivity index (χ4v) is 6.08. The predicted molar refractivity (Wildman–Crippen MR) is 88.2 cm³/mol. The second-order valence-electron chi connectivity index (χ2n) is 8.39. The molecule has 1 aromatic rings. The highest BCUT2D eigenvalue weighted by Gasteiger charge is 2.53. The van der Waals surface area contributed by atoms with Gasteiger partial charge in [0, 0.05) is 6.04 Å². The highest BCUT2D eigenvalue weighted by atomic mass is 16.5. The molecule has 4 heteroatoms. The van der Waals surface area contributed by atoms with Crippen molar-refractivity contribution in [3.63, 3.8) is 0 Å². The summed E-state index contributed by atoms with van der Waals surface area (Å²) >= 11 is 0. The molecule has 23 heavy (non-hydrogen) atoms.